The highest BCUT2D eigenvalue weighted by atomic mass is 35.5. The quantitative estimate of drug-likeness (QED) is 0.383. The first-order valence-corrected chi connectivity index (χ1v) is 11.1. The summed E-state index contributed by atoms with van der Waals surface area (Å²) < 4.78 is 17.0. The first kappa shape index (κ1) is 22.9. The standard InChI is InChI=1S/C21H19ClN4O6S/c1-30-7-6-26-19(28)14-4-2-12(22)8-15(14)24-21(26)33-10-18(27)25-20(29)23-13-3-5-16-17(9-13)32-11-31-16/h2-5,8-9H,6-7,10-11H2,1H3,(H2,23,25,27,29). The number of hydrogen-bond donors (Lipinski definition) is 2. The lowest BCUT2D eigenvalue weighted by Crippen LogP contribution is -2.35. The fourth-order valence-corrected chi connectivity index (χ4v) is 4.08. The molecule has 1 aromatic heterocycles. The minimum atomic E-state index is -0.700. The second-order valence-corrected chi connectivity index (χ2v) is 8.24. The number of benzene rings is 2. The molecule has 0 atom stereocenters. The van der Waals surface area contributed by atoms with Crippen molar-refractivity contribution < 1.29 is 23.8 Å². The van der Waals surface area contributed by atoms with Gasteiger partial charge in [0.2, 0.25) is 12.7 Å². The molecule has 1 aliphatic heterocycles. The molecular formula is C21H19ClN4O6S. The third kappa shape index (κ3) is 5.38. The SMILES string of the molecule is COCCn1c(SCC(=O)NC(=O)Nc2ccc3c(c2)OCO3)nc2cc(Cl)ccc2c1=O. The van der Waals surface area contributed by atoms with E-state index in [0.29, 0.717) is 44.9 Å². The Bertz CT molecular complexity index is 1280. The summed E-state index contributed by atoms with van der Waals surface area (Å²) in [5, 5.41) is 5.98. The molecule has 0 fully saturated rings. The minimum absolute atomic E-state index is 0.116. The van der Waals surface area contributed by atoms with Crippen LogP contribution in [0, 0.1) is 0 Å². The molecule has 0 unspecified atom stereocenters. The van der Waals surface area contributed by atoms with E-state index < -0.39 is 11.9 Å². The Balaban J connectivity index is 1.43. The average Bonchev–Trinajstić information content (AvgIpc) is 3.25. The normalized spacial score (nSPS) is 12.1. The number of fused-ring (bicyclic) bond motifs is 2. The van der Waals surface area contributed by atoms with Gasteiger partial charge in [0, 0.05) is 23.9 Å². The number of methoxy groups -OCH3 is 1. The predicted molar refractivity (Wildman–Crippen MR) is 123 cm³/mol. The van der Waals surface area contributed by atoms with Gasteiger partial charge in [0.1, 0.15) is 0 Å². The van der Waals surface area contributed by atoms with Gasteiger partial charge in [-0.1, -0.05) is 23.4 Å². The van der Waals surface area contributed by atoms with Crippen molar-refractivity contribution in [2.24, 2.45) is 0 Å². The molecule has 2 N–H and O–H groups in total. The van der Waals surface area contributed by atoms with Crippen LogP contribution in [0.3, 0.4) is 0 Å². The van der Waals surface area contributed by atoms with Crippen molar-refractivity contribution in [2.45, 2.75) is 11.7 Å². The number of urea groups is 1. The molecule has 10 nitrogen and oxygen atoms in total. The van der Waals surface area contributed by atoms with E-state index in [2.05, 4.69) is 15.6 Å². The number of nitrogens with zero attached hydrogens (tertiary/aromatic N) is 2. The second-order valence-electron chi connectivity index (χ2n) is 6.86. The molecule has 0 spiro atoms. The Morgan fingerprint density at radius 3 is 2.85 bits per heavy atom. The van der Waals surface area contributed by atoms with E-state index in [1.165, 1.54) is 11.7 Å². The molecule has 3 aromatic rings. The van der Waals surface area contributed by atoms with Gasteiger partial charge in [-0.15, -0.1) is 0 Å². The lowest BCUT2D eigenvalue weighted by molar-refractivity contribution is -0.117. The fourth-order valence-electron chi connectivity index (χ4n) is 3.09. The van der Waals surface area contributed by atoms with Crippen LogP contribution in [0.25, 0.3) is 10.9 Å². The van der Waals surface area contributed by atoms with Crippen molar-refractivity contribution in [1.29, 1.82) is 0 Å². The third-order valence-corrected chi connectivity index (χ3v) is 5.83. The zero-order valence-corrected chi connectivity index (χ0v) is 19.0. The number of carbonyl (C=O) groups excluding carboxylic acids is 2. The summed E-state index contributed by atoms with van der Waals surface area (Å²) in [5.74, 6) is 0.389. The molecule has 0 saturated carbocycles. The lowest BCUT2D eigenvalue weighted by atomic mass is 10.2. The highest BCUT2D eigenvalue weighted by Gasteiger charge is 2.17. The minimum Gasteiger partial charge on any atom is -0.454 e. The van der Waals surface area contributed by atoms with Crippen LogP contribution in [-0.2, 0) is 16.1 Å². The predicted octanol–water partition coefficient (Wildman–Crippen LogP) is 2.87. The highest BCUT2D eigenvalue weighted by molar-refractivity contribution is 7.99. The van der Waals surface area contributed by atoms with Gasteiger partial charge in [-0.05, 0) is 30.3 Å². The molecule has 0 aliphatic carbocycles. The van der Waals surface area contributed by atoms with Gasteiger partial charge in [-0.3, -0.25) is 19.5 Å². The zero-order chi connectivity index (χ0) is 23.4. The molecule has 0 radical (unpaired) electrons. The van der Waals surface area contributed by atoms with Crippen LogP contribution >= 0.6 is 23.4 Å². The lowest BCUT2D eigenvalue weighted by Gasteiger charge is -2.13. The van der Waals surface area contributed by atoms with Crippen LogP contribution in [0.1, 0.15) is 0 Å². The van der Waals surface area contributed by atoms with Gasteiger partial charge in [-0.25, -0.2) is 9.78 Å². The van der Waals surface area contributed by atoms with Crippen LogP contribution < -0.4 is 25.7 Å². The molecular weight excluding hydrogens is 472 g/mol. The average molecular weight is 491 g/mol. The number of imide groups is 1. The van der Waals surface area contributed by atoms with Crippen molar-refractivity contribution in [3.63, 3.8) is 0 Å². The molecule has 3 amide bonds. The van der Waals surface area contributed by atoms with E-state index in [0.717, 1.165) is 11.8 Å². The van der Waals surface area contributed by atoms with Crippen LogP contribution in [0.15, 0.2) is 46.3 Å². The maximum absolute atomic E-state index is 12.9. The van der Waals surface area contributed by atoms with Crippen molar-refractivity contribution in [3.8, 4) is 11.5 Å². The van der Waals surface area contributed by atoms with Gasteiger partial charge in [0.05, 0.1) is 29.8 Å². The van der Waals surface area contributed by atoms with Crippen LogP contribution in [-0.4, -0.2) is 47.8 Å². The maximum Gasteiger partial charge on any atom is 0.325 e. The molecule has 0 bridgehead atoms. The molecule has 4 rings (SSSR count). The van der Waals surface area contributed by atoms with Crippen LogP contribution in [0.2, 0.25) is 5.02 Å². The number of hydrogen-bond acceptors (Lipinski definition) is 8. The van der Waals surface area contributed by atoms with E-state index in [-0.39, 0.29) is 24.6 Å². The highest BCUT2D eigenvalue weighted by Crippen LogP contribution is 2.34. The number of halogens is 1. The number of aromatic nitrogens is 2. The Morgan fingerprint density at radius 1 is 1.21 bits per heavy atom. The van der Waals surface area contributed by atoms with Gasteiger partial charge in [0.15, 0.2) is 16.7 Å². The van der Waals surface area contributed by atoms with Crippen molar-refractivity contribution in [2.75, 3.05) is 31.6 Å². The van der Waals surface area contributed by atoms with Gasteiger partial charge >= 0.3 is 6.03 Å². The summed E-state index contributed by atoms with van der Waals surface area (Å²) in [7, 11) is 1.53. The Labute approximate surface area is 197 Å². The van der Waals surface area contributed by atoms with Gasteiger partial charge in [-0.2, -0.15) is 0 Å². The monoisotopic (exact) mass is 490 g/mol. The number of amides is 3. The van der Waals surface area contributed by atoms with E-state index >= 15 is 0 Å². The van der Waals surface area contributed by atoms with Gasteiger partial charge in [0.25, 0.3) is 5.56 Å². The van der Waals surface area contributed by atoms with Crippen molar-refractivity contribution in [3.05, 3.63) is 51.8 Å². The largest absolute Gasteiger partial charge is 0.454 e. The van der Waals surface area contributed by atoms with Crippen LogP contribution in [0.4, 0.5) is 10.5 Å². The Morgan fingerprint density at radius 2 is 2.03 bits per heavy atom. The van der Waals surface area contributed by atoms with E-state index in [4.69, 9.17) is 25.8 Å². The molecule has 1 aliphatic rings. The molecule has 12 heteroatoms. The number of nitrogens with one attached hydrogen (secondary N) is 2. The van der Waals surface area contributed by atoms with Crippen molar-refractivity contribution in [1.82, 2.24) is 14.9 Å². The van der Waals surface area contributed by atoms with Crippen LogP contribution in [0.5, 0.6) is 11.5 Å². The number of anilines is 1. The summed E-state index contributed by atoms with van der Waals surface area (Å²) in [6.07, 6.45) is 0. The second kappa shape index (κ2) is 10.1. The Kier molecular flexibility index (Phi) is 7.02. The summed E-state index contributed by atoms with van der Waals surface area (Å²) in [6, 6.07) is 9.00. The summed E-state index contributed by atoms with van der Waals surface area (Å²) in [6.45, 7) is 0.666. The van der Waals surface area contributed by atoms with E-state index in [9.17, 15) is 14.4 Å². The third-order valence-electron chi connectivity index (χ3n) is 4.62. The molecule has 0 saturated heterocycles. The molecule has 33 heavy (non-hydrogen) atoms. The summed E-state index contributed by atoms with van der Waals surface area (Å²) in [4.78, 5) is 41.9. The number of ether oxygens (including phenoxy) is 3. The topological polar surface area (TPSA) is 121 Å². The molecule has 2 aromatic carbocycles. The van der Waals surface area contributed by atoms with E-state index in [1.54, 1.807) is 36.4 Å². The van der Waals surface area contributed by atoms with Crippen molar-refractivity contribution >= 4 is 51.9 Å². The molecule has 172 valence electrons. The fraction of sp³-hybridized carbons (Fsp3) is 0.238. The van der Waals surface area contributed by atoms with E-state index in [1.807, 2.05) is 0 Å². The smallest absolute Gasteiger partial charge is 0.325 e. The molecule has 2 heterocycles. The zero-order valence-electron chi connectivity index (χ0n) is 17.4. The Hall–Kier alpha value is -3.28. The first-order chi connectivity index (χ1) is 15.9. The first-order valence-electron chi connectivity index (χ1n) is 9.77. The number of rotatable bonds is 7. The van der Waals surface area contributed by atoms with Gasteiger partial charge < -0.3 is 19.5 Å². The number of carbonyl (C=O) groups is 2. The summed E-state index contributed by atoms with van der Waals surface area (Å²) >= 11 is 7.06. The maximum atomic E-state index is 12.9. The number of thioether (sulfide) groups is 1. The summed E-state index contributed by atoms with van der Waals surface area (Å²) in [5.41, 5.74) is 0.598.